The number of nitrogens with two attached hydrogens (primary N) is 1. The number of carbonyl (C=O) groups is 3. The standard InChI is InChI=1S/C23H29N5O5/c1-2-6-18(24)20(22(31)32)26-21(30)19(13-15-7-4-3-5-8-15)25-23(33)28-27-17-11-9-16(14-29)10-12-17/h3-5,7-12,18-20,29H,2,6,13-14,24H2,1H3,(H,25,33)(H,26,30)(H,31,32)/b28-27+. The van der Waals surface area contributed by atoms with E-state index in [-0.39, 0.29) is 13.0 Å². The maximum absolute atomic E-state index is 12.9. The van der Waals surface area contributed by atoms with Crippen molar-refractivity contribution in [3.05, 3.63) is 65.7 Å². The van der Waals surface area contributed by atoms with Crippen molar-refractivity contribution in [1.82, 2.24) is 10.6 Å². The average Bonchev–Trinajstić information content (AvgIpc) is 2.81. The number of nitrogens with zero attached hydrogens (tertiary/aromatic N) is 2. The first kappa shape index (κ1) is 25.6. The molecule has 2 aromatic carbocycles. The van der Waals surface area contributed by atoms with E-state index in [0.29, 0.717) is 24.1 Å². The number of amides is 3. The number of hydrogen-bond acceptors (Lipinski definition) is 6. The third-order valence-electron chi connectivity index (χ3n) is 4.89. The van der Waals surface area contributed by atoms with Crippen molar-refractivity contribution in [3.8, 4) is 0 Å². The molecule has 3 atom stereocenters. The van der Waals surface area contributed by atoms with Crippen LogP contribution < -0.4 is 16.4 Å². The van der Waals surface area contributed by atoms with E-state index in [1.165, 1.54) is 0 Å². The third kappa shape index (κ3) is 8.43. The van der Waals surface area contributed by atoms with Crippen molar-refractivity contribution < 1.29 is 24.6 Å². The highest BCUT2D eigenvalue weighted by Gasteiger charge is 2.30. The smallest absolute Gasteiger partial charge is 0.360 e. The van der Waals surface area contributed by atoms with E-state index in [2.05, 4.69) is 20.9 Å². The molecule has 0 fully saturated rings. The number of benzene rings is 2. The van der Waals surface area contributed by atoms with E-state index in [1.54, 1.807) is 48.5 Å². The minimum Gasteiger partial charge on any atom is -0.480 e. The molecule has 10 heteroatoms. The van der Waals surface area contributed by atoms with E-state index in [4.69, 9.17) is 10.8 Å². The van der Waals surface area contributed by atoms with E-state index in [9.17, 15) is 19.5 Å². The Morgan fingerprint density at radius 2 is 1.67 bits per heavy atom. The number of aliphatic hydroxyl groups excluding tert-OH is 1. The van der Waals surface area contributed by atoms with Crippen molar-refractivity contribution in [1.29, 1.82) is 0 Å². The van der Waals surface area contributed by atoms with Gasteiger partial charge in [-0.15, -0.1) is 5.11 Å². The van der Waals surface area contributed by atoms with Crippen LogP contribution in [0.4, 0.5) is 10.5 Å². The van der Waals surface area contributed by atoms with Crippen molar-refractivity contribution in [2.24, 2.45) is 16.0 Å². The fourth-order valence-electron chi connectivity index (χ4n) is 3.11. The Balaban J connectivity index is 2.14. The summed E-state index contributed by atoms with van der Waals surface area (Å²) in [6.07, 6.45) is 1.19. The fraction of sp³-hybridized carbons (Fsp3) is 0.348. The molecule has 0 aliphatic heterocycles. The Labute approximate surface area is 191 Å². The molecule has 0 radical (unpaired) electrons. The molecule has 2 rings (SSSR count). The molecule has 2 aromatic rings. The molecule has 10 nitrogen and oxygen atoms in total. The molecule has 3 unspecified atom stereocenters. The Morgan fingerprint density at radius 1 is 1.00 bits per heavy atom. The van der Waals surface area contributed by atoms with Crippen LogP contribution in [-0.4, -0.2) is 46.2 Å². The summed E-state index contributed by atoms with van der Waals surface area (Å²) in [4.78, 5) is 36.9. The van der Waals surface area contributed by atoms with Crippen molar-refractivity contribution in [3.63, 3.8) is 0 Å². The largest absolute Gasteiger partial charge is 0.480 e. The minimum atomic E-state index is -1.29. The number of rotatable bonds is 11. The van der Waals surface area contributed by atoms with Gasteiger partial charge in [-0.1, -0.05) is 60.9 Å². The summed E-state index contributed by atoms with van der Waals surface area (Å²) in [7, 11) is 0. The van der Waals surface area contributed by atoms with E-state index >= 15 is 0 Å². The molecule has 0 saturated heterocycles. The molecule has 0 aliphatic carbocycles. The van der Waals surface area contributed by atoms with Gasteiger partial charge in [0, 0.05) is 12.5 Å². The predicted octanol–water partition coefficient (Wildman–Crippen LogP) is 2.28. The second-order valence-electron chi connectivity index (χ2n) is 7.49. The van der Waals surface area contributed by atoms with Crippen LogP contribution in [0, 0.1) is 0 Å². The normalized spacial score (nSPS) is 13.8. The second-order valence-corrected chi connectivity index (χ2v) is 7.49. The molecule has 33 heavy (non-hydrogen) atoms. The van der Waals surface area contributed by atoms with Crippen LogP contribution in [0.1, 0.15) is 30.9 Å². The van der Waals surface area contributed by atoms with Gasteiger partial charge in [0.15, 0.2) is 0 Å². The predicted molar refractivity (Wildman–Crippen MR) is 122 cm³/mol. The van der Waals surface area contributed by atoms with Crippen LogP contribution in [0.5, 0.6) is 0 Å². The van der Waals surface area contributed by atoms with Gasteiger partial charge in [-0.25, -0.2) is 9.59 Å². The molecule has 0 saturated carbocycles. The Kier molecular flexibility index (Phi) is 10.1. The molecular formula is C23H29N5O5. The molecule has 3 amide bonds. The van der Waals surface area contributed by atoms with Gasteiger partial charge in [-0.05, 0) is 29.7 Å². The Morgan fingerprint density at radius 3 is 2.24 bits per heavy atom. The average molecular weight is 456 g/mol. The summed E-state index contributed by atoms with van der Waals surface area (Å²) in [5.74, 6) is -1.94. The van der Waals surface area contributed by atoms with Crippen LogP contribution in [0.3, 0.4) is 0 Å². The highest BCUT2D eigenvalue weighted by Crippen LogP contribution is 2.14. The molecule has 0 aromatic heterocycles. The SMILES string of the molecule is CCCC(N)C(NC(=O)C(Cc1ccccc1)NC(=O)/N=N/c1ccc(CO)cc1)C(=O)O. The van der Waals surface area contributed by atoms with Gasteiger partial charge in [0.25, 0.3) is 0 Å². The molecule has 6 N–H and O–H groups in total. The first-order chi connectivity index (χ1) is 15.8. The van der Waals surface area contributed by atoms with Crippen molar-refractivity contribution >= 4 is 23.6 Å². The van der Waals surface area contributed by atoms with Gasteiger partial charge < -0.3 is 26.6 Å². The number of hydrogen-bond donors (Lipinski definition) is 5. The van der Waals surface area contributed by atoms with Gasteiger partial charge in [0.2, 0.25) is 5.91 Å². The van der Waals surface area contributed by atoms with Gasteiger partial charge in [0.05, 0.1) is 12.3 Å². The number of urea groups is 1. The van der Waals surface area contributed by atoms with E-state index in [1.807, 2.05) is 13.0 Å². The number of carboxylic acids is 1. The highest BCUT2D eigenvalue weighted by atomic mass is 16.4. The van der Waals surface area contributed by atoms with Crippen LogP contribution >= 0.6 is 0 Å². The first-order valence-corrected chi connectivity index (χ1v) is 10.6. The number of aliphatic hydroxyl groups is 1. The molecule has 0 heterocycles. The fourth-order valence-corrected chi connectivity index (χ4v) is 3.11. The summed E-state index contributed by atoms with van der Waals surface area (Å²) in [6.45, 7) is 1.74. The van der Waals surface area contributed by atoms with Gasteiger partial charge in [0.1, 0.15) is 12.1 Å². The Bertz CT molecular complexity index is 949. The van der Waals surface area contributed by atoms with Crippen LogP contribution in [0.15, 0.2) is 64.8 Å². The van der Waals surface area contributed by atoms with Crippen molar-refractivity contribution in [2.75, 3.05) is 0 Å². The van der Waals surface area contributed by atoms with Gasteiger partial charge in [-0.3, -0.25) is 4.79 Å². The lowest BCUT2D eigenvalue weighted by Crippen LogP contribution is -2.57. The zero-order chi connectivity index (χ0) is 24.2. The topological polar surface area (TPSA) is 166 Å². The zero-order valence-electron chi connectivity index (χ0n) is 18.3. The first-order valence-electron chi connectivity index (χ1n) is 10.6. The van der Waals surface area contributed by atoms with Crippen molar-refractivity contribution in [2.45, 2.75) is 50.9 Å². The lowest BCUT2D eigenvalue weighted by Gasteiger charge is -2.24. The maximum atomic E-state index is 12.9. The minimum absolute atomic E-state index is 0.118. The quantitative estimate of drug-likeness (QED) is 0.326. The summed E-state index contributed by atoms with van der Waals surface area (Å²) in [5, 5.41) is 30.9. The lowest BCUT2D eigenvalue weighted by molar-refractivity contribution is -0.142. The monoisotopic (exact) mass is 455 g/mol. The molecule has 0 bridgehead atoms. The number of azo groups is 1. The number of aliphatic carboxylic acids is 1. The van der Waals surface area contributed by atoms with Crippen LogP contribution in [-0.2, 0) is 22.6 Å². The molecule has 0 aliphatic rings. The molecule has 176 valence electrons. The van der Waals surface area contributed by atoms with Crippen LogP contribution in [0.2, 0.25) is 0 Å². The highest BCUT2D eigenvalue weighted by molar-refractivity contribution is 5.90. The number of carboxylic acid groups (broad SMARTS) is 1. The summed E-state index contributed by atoms with van der Waals surface area (Å²) >= 11 is 0. The van der Waals surface area contributed by atoms with Crippen LogP contribution in [0.25, 0.3) is 0 Å². The summed E-state index contributed by atoms with van der Waals surface area (Å²) in [6, 6.07) is 11.4. The molecular weight excluding hydrogens is 426 g/mol. The van der Waals surface area contributed by atoms with E-state index in [0.717, 1.165) is 5.56 Å². The lowest BCUT2D eigenvalue weighted by atomic mass is 10.0. The molecule has 0 spiro atoms. The summed E-state index contributed by atoms with van der Waals surface area (Å²) in [5.41, 5.74) is 7.77. The third-order valence-corrected chi connectivity index (χ3v) is 4.89. The zero-order valence-corrected chi connectivity index (χ0v) is 18.3. The number of nitrogens with one attached hydrogen (secondary N) is 2. The number of carbonyl (C=O) groups excluding carboxylic acids is 2. The maximum Gasteiger partial charge on any atom is 0.360 e. The Hall–Kier alpha value is -3.63. The van der Waals surface area contributed by atoms with Gasteiger partial charge in [-0.2, -0.15) is 0 Å². The summed E-state index contributed by atoms with van der Waals surface area (Å²) < 4.78 is 0. The van der Waals surface area contributed by atoms with E-state index < -0.39 is 36.0 Å². The second kappa shape index (κ2) is 13.0. The van der Waals surface area contributed by atoms with Gasteiger partial charge >= 0.3 is 12.0 Å².